The third-order valence-corrected chi connectivity index (χ3v) is 5.13. The molecule has 0 saturated heterocycles. The summed E-state index contributed by atoms with van der Waals surface area (Å²) in [4.78, 5) is 17.6. The lowest BCUT2D eigenvalue weighted by Crippen LogP contribution is -2.13. The second kappa shape index (κ2) is 6.50. The normalized spacial score (nSPS) is 10.8. The zero-order valence-electron chi connectivity index (χ0n) is 12.4. The van der Waals surface area contributed by atoms with Crippen LogP contribution >= 0.6 is 23.1 Å². The van der Waals surface area contributed by atoms with Crippen LogP contribution in [0, 0.1) is 13.8 Å². The van der Waals surface area contributed by atoms with E-state index in [9.17, 15) is 4.79 Å². The molecule has 22 heavy (non-hydrogen) atoms. The molecule has 3 aromatic rings. The van der Waals surface area contributed by atoms with Crippen molar-refractivity contribution in [2.24, 2.45) is 0 Å². The molecule has 2 aromatic carbocycles. The van der Waals surface area contributed by atoms with Gasteiger partial charge in [0, 0.05) is 4.90 Å². The van der Waals surface area contributed by atoms with E-state index in [1.54, 1.807) is 0 Å². The van der Waals surface area contributed by atoms with Crippen molar-refractivity contribution in [3.63, 3.8) is 0 Å². The number of aromatic nitrogens is 1. The number of benzene rings is 2. The summed E-state index contributed by atoms with van der Waals surface area (Å²) in [6, 6.07) is 14.3. The van der Waals surface area contributed by atoms with Crippen molar-refractivity contribution in [3.05, 3.63) is 53.6 Å². The van der Waals surface area contributed by atoms with E-state index in [1.165, 1.54) is 34.2 Å². The van der Waals surface area contributed by atoms with Gasteiger partial charge in [0.05, 0.1) is 16.0 Å². The fourth-order valence-electron chi connectivity index (χ4n) is 2.02. The second-order valence-electron chi connectivity index (χ2n) is 5.14. The highest BCUT2D eigenvalue weighted by Crippen LogP contribution is 2.27. The quantitative estimate of drug-likeness (QED) is 0.709. The first-order valence-corrected chi connectivity index (χ1v) is 8.77. The largest absolute Gasteiger partial charge is 0.301 e. The molecule has 0 atom stereocenters. The summed E-state index contributed by atoms with van der Waals surface area (Å²) in [5.74, 6) is 0.360. The third kappa shape index (κ3) is 3.67. The molecule has 0 aliphatic heterocycles. The number of anilines is 1. The van der Waals surface area contributed by atoms with Crippen molar-refractivity contribution >= 4 is 44.4 Å². The lowest BCUT2D eigenvalue weighted by atomic mass is 10.2. The number of hydrogen-bond acceptors (Lipinski definition) is 4. The van der Waals surface area contributed by atoms with Gasteiger partial charge in [0.2, 0.25) is 5.91 Å². The summed E-state index contributed by atoms with van der Waals surface area (Å²) in [5, 5.41) is 3.54. The highest BCUT2D eigenvalue weighted by molar-refractivity contribution is 8.00. The maximum absolute atomic E-state index is 12.0. The number of carbonyl (C=O) groups excluding carboxylic acids is 1. The molecule has 5 heteroatoms. The van der Waals surface area contributed by atoms with Crippen LogP contribution in [-0.4, -0.2) is 16.6 Å². The Morgan fingerprint density at radius 2 is 1.86 bits per heavy atom. The summed E-state index contributed by atoms with van der Waals surface area (Å²) in [6.45, 7) is 4.10. The number of thiazole rings is 1. The Bertz CT molecular complexity index is 809. The summed E-state index contributed by atoms with van der Waals surface area (Å²) >= 11 is 3.04. The molecule has 1 N–H and O–H groups in total. The first-order valence-electron chi connectivity index (χ1n) is 6.97. The van der Waals surface area contributed by atoms with Gasteiger partial charge in [-0.15, -0.1) is 11.8 Å². The van der Waals surface area contributed by atoms with Gasteiger partial charge in [-0.2, -0.15) is 0 Å². The molecule has 0 unspecified atom stereocenters. The van der Waals surface area contributed by atoms with Crippen LogP contribution in [0.1, 0.15) is 11.1 Å². The predicted molar refractivity (Wildman–Crippen MR) is 94.9 cm³/mol. The lowest BCUT2D eigenvalue weighted by Gasteiger charge is -2.02. The average molecular weight is 328 g/mol. The van der Waals surface area contributed by atoms with Crippen LogP contribution in [0.25, 0.3) is 10.2 Å². The molecule has 1 amide bonds. The van der Waals surface area contributed by atoms with Crippen molar-refractivity contribution in [2.45, 2.75) is 18.7 Å². The standard InChI is InChI=1S/C17H16N2OS2/c1-11-3-6-13(7-4-11)21-10-16(20)19-17-18-14-8-5-12(2)9-15(14)22-17/h3-9H,10H2,1-2H3,(H,18,19,20). The van der Waals surface area contributed by atoms with Gasteiger partial charge in [-0.05, 0) is 43.7 Å². The fraction of sp³-hybridized carbons (Fsp3) is 0.176. The van der Waals surface area contributed by atoms with Gasteiger partial charge in [-0.25, -0.2) is 4.98 Å². The van der Waals surface area contributed by atoms with Gasteiger partial charge in [0.1, 0.15) is 0 Å². The lowest BCUT2D eigenvalue weighted by molar-refractivity contribution is -0.113. The Balaban J connectivity index is 1.61. The van der Waals surface area contributed by atoms with E-state index >= 15 is 0 Å². The molecular formula is C17H16N2OS2. The maximum Gasteiger partial charge on any atom is 0.236 e. The topological polar surface area (TPSA) is 42.0 Å². The number of nitrogens with zero attached hydrogens (tertiary/aromatic N) is 1. The van der Waals surface area contributed by atoms with E-state index in [4.69, 9.17) is 0 Å². The fourth-order valence-corrected chi connectivity index (χ4v) is 3.70. The molecule has 0 bridgehead atoms. The summed E-state index contributed by atoms with van der Waals surface area (Å²) in [5.41, 5.74) is 3.35. The van der Waals surface area contributed by atoms with E-state index in [1.807, 2.05) is 24.3 Å². The van der Waals surface area contributed by atoms with Crippen molar-refractivity contribution in [3.8, 4) is 0 Å². The maximum atomic E-state index is 12.0. The molecule has 0 spiro atoms. The van der Waals surface area contributed by atoms with Crippen molar-refractivity contribution in [1.29, 1.82) is 0 Å². The average Bonchev–Trinajstić information content (AvgIpc) is 2.88. The monoisotopic (exact) mass is 328 g/mol. The van der Waals surface area contributed by atoms with E-state index in [0.29, 0.717) is 10.9 Å². The van der Waals surface area contributed by atoms with Crippen LogP contribution < -0.4 is 5.32 Å². The molecule has 0 saturated carbocycles. The first-order chi connectivity index (χ1) is 10.6. The second-order valence-corrected chi connectivity index (χ2v) is 7.22. The summed E-state index contributed by atoms with van der Waals surface area (Å²) in [7, 11) is 0. The smallest absolute Gasteiger partial charge is 0.236 e. The van der Waals surface area contributed by atoms with Gasteiger partial charge in [0.15, 0.2) is 5.13 Å². The van der Waals surface area contributed by atoms with E-state index in [0.717, 1.165) is 15.1 Å². The van der Waals surface area contributed by atoms with E-state index < -0.39 is 0 Å². The third-order valence-electron chi connectivity index (χ3n) is 3.18. The molecular weight excluding hydrogens is 312 g/mol. The van der Waals surface area contributed by atoms with Crippen molar-refractivity contribution in [2.75, 3.05) is 11.1 Å². The van der Waals surface area contributed by atoms with Gasteiger partial charge < -0.3 is 5.32 Å². The number of nitrogens with one attached hydrogen (secondary N) is 1. The molecule has 0 fully saturated rings. The van der Waals surface area contributed by atoms with E-state index in [-0.39, 0.29) is 5.91 Å². The number of aryl methyl sites for hydroxylation is 2. The van der Waals surface area contributed by atoms with Crippen LogP contribution in [0.5, 0.6) is 0 Å². The Labute approximate surface area is 137 Å². The van der Waals surface area contributed by atoms with Crippen molar-refractivity contribution in [1.82, 2.24) is 4.98 Å². The molecule has 0 aliphatic rings. The Hall–Kier alpha value is -1.85. The molecule has 1 aromatic heterocycles. The molecule has 1 heterocycles. The molecule has 3 rings (SSSR count). The van der Waals surface area contributed by atoms with Gasteiger partial charge in [0.25, 0.3) is 0 Å². The Morgan fingerprint density at radius 1 is 1.14 bits per heavy atom. The zero-order valence-corrected chi connectivity index (χ0v) is 14.1. The molecule has 3 nitrogen and oxygen atoms in total. The van der Waals surface area contributed by atoms with Crippen molar-refractivity contribution < 1.29 is 4.79 Å². The minimum atomic E-state index is -0.0265. The number of amides is 1. The number of thioether (sulfide) groups is 1. The van der Waals surface area contributed by atoms with E-state index in [2.05, 4.69) is 42.3 Å². The number of carbonyl (C=O) groups is 1. The van der Waals surface area contributed by atoms with Crippen LogP contribution in [0.4, 0.5) is 5.13 Å². The minimum Gasteiger partial charge on any atom is -0.301 e. The summed E-state index contributed by atoms with van der Waals surface area (Å²) in [6.07, 6.45) is 0. The molecule has 112 valence electrons. The Morgan fingerprint density at radius 3 is 2.64 bits per heavy atom. The molecule has 0 radical (unpaired) electrons. The zero-order chi connectivity index (χ0) is 15.5. The van der Waals surface area contributed by atoms with Crippen LogP contribution in [0.15, 0.2) is 47.4 Å². The minimum absolute atomic E-state index is 0.0265. The summed E-state index contributed by atoms with van der Waals surface area (Å²) < 4.78 is 1.10. The first kappa shape index (κ1) is 15.1. The predicted octanol–water partition coefficient (Wildman–Crippen LogP) is 4.64. The Kier molecular flexibility index (Phi) is 4.45. The van der Waals surface area contributed by atoms with Gasteiger partial charge in [-0.3, -0.25) is 4.79 Å². The highest BCUT2D eigenvalue weighted by atomic mass is 32.2. The van der Waals surface area contributed by atoms with Crippen LogP contribution in [0.2, 0.25) is 0 Å². The number of fused-ring (bicyclic) bond motifs is 1. The SMILES string of the molecule is Cc1ccc(SCC(=O)Nc2nc3ccc(C)cc3s2)cc1. The van der Waals surface area contributed by atoms with Crippen LogP contribution in [-0.2, 0) is 4.79 Å². The van der Waals surface area contributed by atoms with Gasteiger partial charge in [-0.1, -0.05) is 35.1 Å². The molecule has 0 aliphatic carbocycles. The number of hydrogen-bond donors (Lipinski definition) is 1. The highest BCUT2D eigenvalue weighted by Gasteiger charge is 2.08. The van der Waals surface area contributed by atoms with Gasteiger partial charge >= 0.3 is 0 Å². The number of rotatable bonds is 4. The van der Waals surface area contributed by atoms with Crippen LogP contribution in [0.3, 0.4) is 0 Å².